The van der Waals surface area contributed by atoms with Crippen molar-refractivity contribution in [1.82, 2.24) is 20.1 Å². The predicted octanol–water partition coefficient (Wildman–Crippen LogP) is 4.34. The van der Waals surface area contributed by atoms with Crippen LogP contribution in [0.4, 0.5) is 14.6 Å². The number of benzene rings is 2. The Kier molecular flexibility index (Phi) is 5.01. The normalized spacial score (nSPS) is 10.8. The van der Waals surface area contributed by atoms with Gasteiger partial charge in [-0.3, -0.25) is 9.78 Å². The lowest BCUT2D eigenvalue weighted by Crippen LogP contribution is -2.16. The smallest absolute Gasteiger partial charge is 0.262 e. The molecule has 2 aromatic heterocycles. The molecule has 30 heavy (non-hydrogen) atoms. The van der Waals surface area contributed by atoms with E-state index in [0.717, 1.165) is 28.8 Å². The molecular weight excluding hydrogens is 392 g/mol. The summed E-state index contributed by atoms with van der Waals surface area (Å²) in [5, 5.41) is 6.13. The first-order valence-corrected chi connectivity index (χ1v) is 8.91. The molecular formula is C21H15F2N5O2. The topological polar surface area (TPSA) is 93.8 Å². The van der Waals surface area contributed by atoms with Crippen molar-refractivity contribution >= 4 is 11.7 Å². The molecule has 1 N–H and O–H groups in total. The van der Waals surface area contributed by atoms with Crippen molar-refractivity contribution < 1.29 is 18.1 Å². The van der Waals surface area contributed by atoms with Crippen LogP contribution in [0.5, 0.6) is 0 Å². The van der Waals surface area contributed by atoms with Gasteiger partial charge in [-0.1, -0.05) is 17.3 Å². The van der Waals surface area contributed by atoms with Gasteiger partial charge in [0.2, 0.25) is 0 Å². The minimum atomic E-state index is -0.958. The standard InChI is InChI=1S/C21H15F2N5O2/c1-11-6-7-13(21-26-12(2)28-30-21)8-14(11)17-9-25-18(10-24-17)27-20(29)19-15(22)4-3-5-16(19)23/h3-10H,1-2H3,(H,25,27,29). The summed E-state index contributed by atoms with van der Waals surface area (Å²) in [5.41, 5.74) is 2.32. The van der Waals surface area contributed by atoms with Crippen LogP contribution in [0.2, 0.25) is 0 Å². The van der Waals surface area contributed by atoms with Crippen LogP contribution in [0.1, 0.15) is 21.7 Å². The monoisotopic (exact) mass is 407 g/mol. The maximum Gasteiger partial charge on any atom is 0.262 e. The molecule has 0 atom stereocenters. The molecule has 0 spiro atoms. The highest BCUT2D eigenvalue weighted by Gasteiger charge is 2.18. The Morgan fingerprint density at radius 1 is 1.03 bits per heavy atom. The van der Waals surface area contributed by atoms with Crippen LogP contribution in [-0.4, -0.2) is 26.0 Å². The number of amides is 1. The van der Waals surface area contributed by atoms with Gasteiger partial charge in [-0.25, -0.2) is 13.8 Å². The summed E-state index contributed by atoms with van der Waals surface area (Å²) in [6, 6.07) is 8.79. The minimum absolute atomic E-state index is 0.0627. The Labute approximate surface area is 169 Å². The van der Waals surface area contributed by atoms with E-state index in [2.05, 4.69) is 25.4 Å². The van der Waals surface area contributed by atoms with E-state index in [1.807, 2.05) is 25.1 Å². The van der Waals surface area contributed by atoms with Gasteiger partial charge in [0.25, 0.3) is 11.8 Å². The summed E-state index contributed by atoms with van der Waals surface area (Å²) in [6.45, 7) is 3.64. The highest BCUT2D eigenvalue weighted by Crippen LogP contribution is 2.27. The summed E-state index contributed by atoms with van der Waals surface area (Å²) >= 11 is 0. The molecule has 0 radical (unpaired) electrons. The lowest BCUT2D eigenvalue weighted by Gasteiger charge is -2.09. The van der Waals surface area contributed by atoms with Crippen molar-refractivity contribution in [3.05, 3.63) is 77.4 Å². The third kappa shape index (κ3) is 3.77. The van der Waals surface area contributed by atoms with E-state index in [-0.39, 0.29) is 5.82 Å². The molecule has 4 aromatic rings. The largest absolute Gasteiger partial charge is 0.334 e. The van der Waals surface area contributed by atoms with Crippen molar-refractivity contribution in [3.63, 3.8) is 0 Å². The predicted molar refractivity (Wildman–Crippen MR) is 105 cm³/mol. The highest BCUT2D eigenvalue weighted by molar-refractivity contribution is 6.04. The van der Waals surface area contributed by atoms with E-state index in [4.69, 9.17) is 4.52 Å². The van der Waals surface area contributed by atoms with Gasteiger partial charge in [0.15, 0.2) is 11.6 Å². The van der Waals surface area contributed by atoms with Gasteiger partial charge in [0.1, 0.15) is 17.2 Å². The molecule has 0 aliphatic carbocycles. The molecule has 0 bridgehead atoms. The van der Waals surface area contributed by atoms with Crippen molar-refractivity contribution in [1.29, 1.82) is 0 Å². The fourth-order valence-corrected chi connectivity index (χ4v) is 2.87. The Balaban J connectivity index is 1.59. The molecule has 4 rings (SSSR count). The summed E-state index contributed by atoms with van der Waals surface area (Å²) in [6.07, 6.45) is 2.77. The number of nitrogens with one attached hydrogen (secondary N) is 1. The number of aryl methyl sites for hydroxylation is 2. The molecule has 2 heterocycles. The number of hydrogen-bond donors (Lipinski definition) is 1. The zero-order valence-corrected chi connectivity index (χ0v) is 16.0. The maximum atomic E-state index is 13.8. The quantitative estimate of drug-likeness (QED) is 0.541. The zero-order valence-electron chi connectivity index (χ0n) is 16.0. The molecule has 2 aromatic carbocycles. The molecule has 0 saturated carbocycles. The number of anilines is 1. The molecule has 9 heteroatoms. The third-order valence-corrected chi connectivity index (χ3v) is 4.37. The number of rotatable bonds is 4. The van der Waals surface area contributed by atoms with E-state index in [9.17, 15) is 13.6 Å². The van der Waals surface area contributed by atoms with Gasteiger partial charge < -0.3 is 9.84 Å². The molecule has 0 saturated heterocycles. The molecule has 150 valence electrons. The maximum absolute atomic E-state index is 13.8. The van der Waals surface area contributed by atoms with Crippen LogP contribution in [0.15, 0.2) is 53.3 Å². The molecule has 0 fully saturated rings. The summed E-state index contributed by atoms with van der Waals surface area (Å²) in [4.78, 5) is 24.8. The minimum Gasteiger partial charge on any atom is -0.334 e. The van der Waals surface area contributed by atoms with Gasteiger partial charge in [-0.15, -0.1) is 0 Å². The highest BCUT2D eigenvalue weighted by atomic mass is 19.1. The van der Waals surface area contributed by atoms with Crippen LogP contribution in [0.3, 0.4) is 0 Å². The Bertz CT molecular complexity index is 1220. The summed E-state index contributed by atoms with van der Waals surface area (Å²) in [5.74, 6) is -1.89. The van der Waals surface area contributed by atoms with Crippen molar-refractivity contribution in [2.75, 3.05) is 5.32 Å². The van der Waals surface area contributed by atoms with Crippen LogP contribution < -0.4 is 5.32 Å². The van der Waals surface area contributed by atoms with Crippen molar-refractivity contribution in [2.24, 2.45) is 0 Å². The Morgan fingerprint density at radius 2 is 1.80 bits per heavy atom. The van der Waals surface area contributed by atoms with Gasteiger partial charge in [-0.05, 0) is 43.7 Å². The molecule has 7 nitrogen and oxygen atoms in total. The fourth-order valence-electron chi connectivity index (χ4n) is 2.87. The van der Waals surface area contributed by atoms with Gasteiger partial charge >= 0.3 is 0 Å². The van der Waals surface area contributed by atoms with Crippen molar-refractivity contribution in [2.45, 2.75) is 13.8 Å². The lowest BCUT2D eigenvalue weighted by atomic mass is 10.0. The van der Waals surface area contributed by atoms with E-state index >= 15 is 0 Å². The second kappa shape index (κ2) is 7.78. The first-order valence-electron chi connectivity index (χ1n) is 8.91. The summed E-state index contributed by atoms with van der Waals surface area (Å²) in [7, 11) is 0. The number of hydrogen-bond acceptors (Lipinski definition) is 6. The molecule has 1 amide bonds. The number of aromatic nitrogens is 4. The average molecular weight is 407 g/mol. The fraction of sp³-hybridized carbons (Fsp3) is 0.0952. The van der Waals surface area contributed by atoms with Crippen molar-refractivity contribution in [3.8, 4) is 22.7 Å². The van der Waals surface area contributed by atoms with Crippen LogP contribution in [0, 0.1) is 25.5 Å². The van der Waals surface area contributed by atoms with Crippen LogP contribution in [0.25, 0.3) is 22.7 Å². The molecule has 0 unspecified atom stereocenters. The number of nitrogens with zero attached hydrogens (tertiary/aromatic N) is 4. The Morgan fingerprint density at radius 3 is 2.43 bits per heavy atom. The first kappa shape index (κ1) is 19.3. The first-order chi connectivity index (χ1) is 14.4. The molecule has 0 aliphatic rings. The van der Waals surface area contributed by atoms with E-state index in [1.165, 1.54) is 18.5 Å². The van der Waals surface area contributed by atoms with E-state index in [0.29, 0.717) is 17.4 Å². The van der Waals surface area contributed by atoms with Crippen LogP contribution in [-0.2, 0) is 0 Å². The molecule has 0 aliphatic heterocycles. The second-order valence-electron chi connectivity index (χ2n) is 6.51. The third-order valence-electron chi connectivity index (χ3n) is 4.37. The number of halogens is 2. The number of carbonyl (C=O) groups is 1. The van der Waals surface area contributed by atoms with Gasteiger partial charge in [0, 0.05) is 11.1 Å². The van der Waals surface area contributed by atoms with E-state index in [1.54, 1.807) is 6.92 Å². The average Bonchev–Trinajstić information content (AvgIpc) is 3.15. The second-order valence-corrected chi connectivity index (χ2v) is 6.51. The summed E-state index contributed by atoms with van der Waals surface area (Å²) < 4.78 is 32.7. The SMILES string of the molecule is Cc1noc(-c2ccc(C)c(-c3cnc(NC(=O)c4c(F)cccc4F)cn3)c2)n1. The lowest BCUT2D eigenvalue weighted by molar-refractivity contribution is 0.101. The Hall–Kier alpha value is -4.01. The van der Waals surface area contributed by atoms with E-state index < -0.39 is 23.1 Å². The van der Waals surface area contributed by atoms with Gasteiger partial charge in [-0.2, -0.15) is 4.98 Å². The number of carbonyl (C=O) groups excluding carboxylic acids is 1. The zero-order chi connectivity index (χ0) is 21.3. The van der Waals surface area contributed by atoms with Crippen LogP contribution >= 0.6 is 0 Å². The van der Waals surface area contributed by atoms with Gasteiger partial charge in [0.05, 0.1) is 18.1 Å².